The third-order valence-corrected chi connectivity index (χ3v) is 2.78. The highest BCUT2D eigenvalue weighted by Gasteiger charge is 2.03. The summed E-state index contributed by atoms with van der Waals surface area (Å²) in [6.07, 6.45) is 3.36. The zero-order valence-corrected chi connectivity index (χ0v) is 10.8. The second-order valence-electron chi connectivity index (χ2n) is 3.77. The Morgan fingerprint density at radius 3 is 2.81 bits per heavy atom. The molecule has 0 saturated heterocycles. The van der Waals surface area contributed by atoms with Gasteiger partial charge in [0.15, 0.2) is 0 Å². The van der Waals surface area contributed by atoms with E-state index in [1.807, 2.05) is 18.2 Å². The average molecular weight is 242 g/mol. The Bertz CT molecular complexity index is 315. The van der Waals surface area contributed by atoms with Crippen LogP contribution in [0, 0.1) is 0 Å². The smallest absolute Gasteiger partial charge is 0.122 e. The second kappa shape index (κ2) is 7.53. The van der Waals surface area contributed by atoms with Gasteiger partial charge in [0.05, 0.1) is 7.11 Å². The van der Waals surface area contributed by atoms with Gasteiger partial charge in [0.25, 0.3) is 0 Å². The topological polar surface area (TPSA) is 21.3 Å². The first-order valence-electron chi connectivity index (χ1n) is 5.81. The summed E-state index contributed by atoms with van der Waals surface area (Å²) in [6.45, 7) is 4.25. The Balaban J connectivity index is 2.42. The molecule has 0 heterocycles. The lowest BCUT2D eigenvalue weighted by Gasteiger charge is -2.08. The van der Waals surface area contributed by atoms with Gasteiger partial charge in [0, 0.05) is 5.02 Å². The van der Waals surface area contributed by atoms with Gasteiger partial charge in [-0.15, -0.1) is 0 Å². The predicted octanol–water partition coefficient (Wildman–Crippen LogP) is 3.28. The number of nitrogens with one attached hydrogen (secondary N) is 1. The number of halogens is 1. The van der Waals surface area contributed by atoms with Gasteiger partial charge in [0.2, 0.25) is 0 Å². The molecule has 0 aliphatic rings. The lowest BCUT2D eigenvalue weighted by atomic mass is 10.1. The molecular weight excluding hydrogens is 222 g/mol. The van der Waals surface area contributed by atoms with Crippen LogP contribution < -0.4 is 10.1 Å². The van der Waals surface area contributed by atoms with E-state index in [0.717, 1.165) is 36.7 Å². The Hall–Kier alpha value is -0.730. The molecular formula is C13H20ClNO. The normalized spacial score (nSPS) is 10.4. The lowest BCUT2D eigenvalue weighted by Crippen LogP contribution is -2.13. The zero-order valence-electron chi connectivity index (χ0n) is 10.1. The van der Waals surface area contributed by atoms with Crippen LogP contribution in [0.2, 0.25) is 5.02 Å². The van der Waals surface area contributed by atoms with Crippen molar-refractivity contribution in [1.29, 1.82) is 0 Å². The summed E-state index contributed by atoms with van der Waals surface area (Å²) >= 11 is 5.97. The van der Waals surface area contributed by atoms with Gasteiger partial charge in [-0.25, -0.2) is 0 Å². The van der Waals surface area contributed by atoms with Crippen molar-refractivity contribution in [1.82, 2.24) is 5.32 Å². The number of rotatable bonds is 7. The van der Waals surface area contributed by atoms with Gasteiger partial charge in [0.1, 0.15) is 5.75 Å². The summed E-state index contributed by atoms with van der Waals surface area (Å²) in [5, 5.41) is 4.10. The number of hydrogen-bond donors (Lipinski definition) is 1. The van der Waals surface area contributed by atoms with Gasteiger partial charge in [-0.1, -0.05) is 18.5 Å². The molecule has 0 spiro atoms. The molecule has 0 aliphatic carbocycles. The van der Waals surface area contributed by atoms with E-state index in [4.69, 9.17) is 16.3 Å². The fourth-order valence-electron chi connectivity index (χ4n) is 1.68. The summed E-state index contributed by atoms with van der Waals surface area (Å²) in [6, 6.07) is 5.79. The minimum Gasteiger partial charge on any atom is -0.496 e. The maximum Gasteiger partial charge on any atom is 0.122 e. The molecule has 0 unspecified atom stereocenters. The van der Waals surface area contributed by atoms with Crippen LogP contribution in [-0.2, 0) is 6.42 Å². The monoisotopic (exact) mass is 241 g/mol. The molecule has 16 heavy (non-hydrogen) atoms. The molecule has 2 nitrogen and oxygen atoms in total. The minimum atomic E-state index is 0.780. The van der Waals surface area contributed by atoms with Crippen LogP contribution in [0.25, 0.3) is 0 Å². The molecule has 0 fully saturated rings. The molecule has 0 aromatic heterocycles. The maximum atomic E-state index is 5.97. The maximum absolute atomic E-state index is 5.97. The highest BCUT2D eigenvalue weighted by Crippen LogP contribution is 2.24. The lowest BCUT2D eigenvalue weighted by molar-refractivity contribution is 0.409. The fraction of sp³-hybridized carbons (Fsp3) is 0.538. The van der Waals surface area contributed by atoms with Crippen molar-refractivity contribution in [2.75, 3.05) is 20.2 Å². The van der Waals surface area contributed by atoms with E-state index in [1.165, 1.54) is 12.0 Å². The SMILES string of the molecule is CCNCCCCc1cc(Cl)ccc1OC. The first-order valence-corrected chi connectivity index (χ1v) is 6.19. The Morgan fingerprint density at radius 1 is 1.31 bits per heavy atom. The molecule has 0 amide bonds. The highest BCUT2D eigenvalue weighted by molar-refractivity contribution is 6.30. The quantitative estimate of drug-likeness (QED) is 0.740. The van der Waals surface area contributed by atoms with Gasteiger partial charge in [-0.05, 0) is 56.1 Å². The number of aryl methyl sites for hydroxylation is 1. The Kier molecular flexibility index (Phi) is 6.27. The van der Waals surface area contributed by atoms with Crippen molar-refractivity contribution in [3.8, 4) is 5.75 Å². The Labute approximate surface area is 103 Å². The van der Waals surface area contributed by atoms with Crippen LogP contribution in [0.1, 0.15) is 25.3 Å². The predicted molar refractivity (Wildman–Crippen MR) is 69.5 cm³/mol. The summed E-state index contributed by atoms with van der Waals surface area (Å²) in [5.41, 5.74) is 1.20. The van der Waals surface area contributed by atoms with E-state index >= 15 is 0 Å². The fourth-order valence-corrected chi connectivity index (χ4v) is 1.88. The van der Waals surface area contributed by atoms with Crippen LogP contribution in [-0.4, -0.2) is 20.2 Å². The number of unbranched alkanes of at least 4 members (excludes halogenated alkanes) is 1. The molecule has 0 aliphatic heterocycles. The van der Waals surface area contributed by atoms with Crippen molar-refractivity contribution in [3.63, 3.8) is 0 Å². The molecule has 1 N–H and O–H groups in total. The molecule has 3 heteroatoms. The van der Waals surface area contributed by atoms with Crippen molar-refractivity contribution < 1.29 is 4.74 Å². The largest absolute Gasteiger partial charge is 0.496 e. The van der Waals surface area contributed by atoms with E-state index in [9.17, 15) is 0 Å². The number of methoxy groups -OCH3 is 1. The molecule has 1 rings (SSSR count). The van der Waals surface area contributed by atoms with E-state index in [2.05, 4.69) is 12.2 Å². The van der Waals surface area contributed by atoms with Crippen LogP contribution in [0.3, 0.4) is 0 Å². The van der Waals surface area contributed by atoms with Crippen molar-refractivity contribution in [3.05, 3.63) is 28.8 Å². The molecule has 1 aromatic rings. The van der Waals surface area contributed by atoms with E-state index in [0.29, 0.717) is 0 Å². The summed E-state index contributed by atoms with van der Waals surface area (Å²) in [4.78, 5) is 0. The number of benzene rings is 1. The van der Waals surface area contributed by atoms with Crippen molar-refractivity contribution in [2.45, 2.75) is 26.2 Å². The van der Waals surface area contributed by atoms with Crippen molar-refractivity contribution in [2.24, 2.45) is 0 Å². The first kappa shape index (κ1) is 13.3. The molecule has 0 atom stereocenters. The Morgan fingerprint density at radius 2 is 2.12 bits per heavy atom. The van der Waals surface area contributed by atoms with Crippen LogP contribution >= 0.6 is 11.6 Å². The van der Waals surface area contributed by atoms with E-state index < -0.39 is 0 Å². The van der Waals surface area contributed by atoms with Crippen LogP contribution in [0.15, 0.2) is 18.2 Å². The summed E-state index contributed by atoms with van der Waals surface area (Å²) in [7, 11) is 1.70. The molecule has 90 valence electrons. The third-order valence-electron chi connectivity index (χ3n) is 2.54. The second-order valence-corrected chi connectivity index (χ2v) is 4.20. The van der Waals surface area contributed by atoms with Gasteiger partial charge < -0.3 is 10.1 Å². The van der Waals surface area contributed by atoms with Gasteiger partial charge >= 0.3 is 0 Å². The van der Waals surface area contributed by atoms with Gasteiger partial charge in [-0.3, -0.25) is 0 Å². The van der Waals surface area contributed by atoms with Crippen LogP contribution in [0.5, 0.6) is 5.75 Å². The molecule has 0 bridgehead atoms. The summed E-state index contributed by atoms with van der Waals surface area (Å²) in [5.74, 6) is 0.938. The number of hydrogen-bond acceptors (Lipinski definition) is 2. The summed E-state index contributed by atoms with van der Waals surface area (Å²) < 4.78 is 5.30. The third kappa shape index (κ3) is 4.42. The minimum absolute atomic E-state index is 0.780. The van der Waals surface area contributed by atoms with Gasteiger partial charge in [-0.2, -0.15) is 0 Å². The average Bonchev–Trinajstić information content (AvgIpc) is 2.29. The molecule has 1 aromatic carbocycles. The van der Waals surface area contributed by atoms with Crippen LogP contribution in [0.4, 0.5) is 0 Å². The number of ether oxygens (including phenoxy) is 1. The van der Waals surface area contributed by atoms with E-state index in [-0.39, 0.29) is 0 Å². The highest BCUT2D eigenvalue weighted by atomic mass is 35.5. The molecule has 0 saturated carbocycles. The first-order chi connectivity index (χ1) is 7.77. The zero-order chi connectivity index (χ0) is 11.8. The van der Waals surface area contributed by atoms with E-state index in [1.54, 1.807) is 7.11 Å². The van der Waals surface area contributed by atoms with Crippen molar-refractivity contribution >= 4 is 11.6 Å². The standard InChI is InChI=1S/C13H20ClNO/c1-3-15-9-5-4-6-11-10-12(14)7-8-13(11)16-2/h7-8,10,15H,3-6,9H2,1-2H3. The molecule has 0 radical (unpaired) electrons.